The monoisotopic (exact) mass is 281 g/mol. The minimum atomic E-state index is -0.307. The zero-order chi connectivity index (χ0) is 14.0. The van der Waals surface area contributed by atoms with Gasteiger partial charge >= 0.3 is 0 Å². The van der Waals surface area contributed by atoms with E-state index < -0.39 is 0 Å². The number of hydrogen-bond acceptors (Lipinski definition) is 4. The van der Waals surface area contributed by atoms with Crippen LogP contribution in [0.25, 0.3) is 0 Å². The number of piperazine rings is 1. The first-order valence-corrected chi connectivity index (χ1v) is 6.67. The standard InChI is InChI=1S/C12H19N5OS/c1-12(2,11(13)19)17-7-5-16(6-8-17)10(18)9-3-4-14-15-9/h3-4H,5-8H2,1-2H3,(H2,13,19)(H,14,15). The summed E-state index contributed by atoms with van der Waals surface area (Å²) in [6.07, 6.45) is 1.58. The summed E-state index contributed by atoms with van der Waals surface area (Å²) in [5.74, 6) is -0.00900. The van der Waals surface area contributed by atoms with Gasteiger partial charge in [-0.15, -0.1) is 0 Å². The zero-order valence-corrected chi connectivity index (χ0v) is 12.0. The Balaban J connectivity index is 1.96. The highest BCUT2D eigenvalue weighted by Crippen LogP contribution is 2.18. The lowest BCUT2D eigenvalue weighted by molar-refractivity contribution is 0.0534. The molecule has 0 atom stereocenters. The second-order valence-corrected chi connectivity index (χ2v) is 5.61. The molecule has 1 aromatic heterocycles. The average molecular weight is 281 g/mol. The Bertz CT molecular complexity index is 462. The second-order valence-electron chi connectivity index (χ2n) is 5.17. The van der Waals surface area contributed by atoms with Crippen LogP contribution in [0.4, 0.5) is 0 Å². The summed E-state index contributed by atoms with van der Waals surface area (Å²) >= 11 is 5.10. The molecule has 0 bridgehead atoms. The number of carbonyl (C=O) groups excluding carboxylic acids is 1. The minimum Gasteiger partial charge on any atom is -0.392 e. The fourth-order valence-electron chi connectivity index (χ4n) is 2.17. The van der Waals surface area contributed by atoms with E-state index in [-0.39, 0.29) is 11.4 Å². The number of hydrogen-bond donors (Lipinski definition) is 2. The third kappa shape index (κ3) is 2.76. The maximum Gasteiger partial charge on any atom is 0.271 e. The first-order valence-electron chi connectivity index (χ1n) is 6.26. The van der Waals surface area contributed by atoms with Crippen molar-refractivity contribution in [2.75, 3.05) is 26.2 Å². The van der Waals surface area contributed by atoms with E-state index in [0.29, 0.717) is 23.8 Å². The number of amides is 1. The van der Waals surface area contributed by atoms with Gasteiger partial charge in [0.25, 0.3) is 5.91 Å². The van der Waals surface area contributed by atoms with Gasteiger partial charge in [0.2, 0.25) is 0 Å². The van der Waals surface area contributed by atoms with Crippen LogP contribution in [0, 0.1) is 0 Å². The summed E-state index contributed by atoms with van der Waals surface area (Å²) in [6.45, 7) is 6.91. The highest BCUT2D eigenvalue weighted by Gasteiger charge is 2.33. The molecule has 1 aromatic rings. The molecule has 0 radical (unpaired) electrons. The Morgan fingerprint density at radius 1 is 1.42 bits per heavy atom. The average Bonchev–Trinajstić information content (AvgIpc) is 2.91. The van der Waals surface area contributed by atoms with Gasteiger partial charge < -0.3 is 10.6 Å². The molecule has 2 heterocycles. The molecule has 104 valence electrons. The van der Waals surface area contributed by atoms with E-state index in [0.717, 1.165) is 13.1 Å². The summed E-state index contributed by atoms with van der Waals surface area (Å²) in [7, 11) is 0. The summed E-state index contributed by atoms with van der Waals surface area (Å²) < 4.78 is 0. The van der Waals surface area contributed by atoms with Crippen molar-refractivity contribution < 1.29 is 4.79 Å². The van der Waals surface area contributed by atoms with Gasteiger partial charge in [-0.3, -0.25) is 14.8 Å². The number of aromatic nitrogens is 2. The molecule has 1 fully saturated rings. The zero-order valence-electron chi connectivity index (χ0n) is 11.2. The van der Waals surface area contributed by atoms with Gasteiger partial charge in [0.1, 0.15) is 5.69 Å². The normalized spacial score (nSPS) is 17.5. The molecule has 0 aliphatic carbocycles. The predicted octanol–water partition coefficient (Wildman–Crippen LogP) is 0.232. The second kappa shape index (κ2) is 5.26. The smallest absolute Gasteiger partial charge is 0.271 e. The van der Waals surface area contributed by atoms with E-state index in [1.54, 1.807) is 12.3 Å². The highest BCUT2D eigenvalue weighted by molar-refractivity contribution is 7.80. The van der Waals surface area contributed by atoms with Crippen molar-refractivity contribution in [2.45, 2.75) is 19.4 Å². The molecule has 3 N–H and O–H groups in total. The number of H-pyrrole nitrogens is 1. The van der Waals surface area contributed by atoms with Crippen molar-refractivity contribution in [3.63, 3.8) is 0 Å². The Hall–Kier alpha value is -1.47. The van der Waals surface area contributed by atoms with Gasteiger partial charge in [0.05, 0.1) is 10.5 Å². The maximum absolute atomic E-state index is 12.1. The van der Waals surface area contributed by atoms with Crippen molar-refractivity contribution in [1.82, 2.24) is 20.0 Å². The number of nitrogens with one attached hydrogen (secondary N) is 1. The van der Waals surface area contributed by atoms with E-state index in [9.17, 15) is 4.79 Å². The minimum absolute atomic E-state index is 0.00900. The molecule has 6 nitrogen and oxygen atoms in total. The first kappa shape index (κ1) is 14.0. The molecule has 1 aliphatic heterocycles. The molecule has 1 amide bonds. The molecule has 0 aromatic carbocycles. The largest absolute Gasteiger partial charge is 0.392 e. The van der Waals surface area contributed by atoms with Gasteiger partial charge in [0, 0.05) is 32.4 Å². The lowest BCUT2D eigenvalue weighted by Crippen LogP contribution is -2.59. The fourth-order valence-corrected chi connectivity index (χ4v) is 2.30. The van der Waals surface area contributed by atoms with Crippen LogP contribution in [-0.2, 0) is 0 Å². The quantitative estimate of drug-likeness (QED) is 0.776. The van der Waals surface area contributed by atoms with Crippen LogP contribution in [0.15, 0.2) is 12.3 Å². The van der Waals surface area contributed by atoms with E-state index in [1.807, 2.05) is 18.7 Å². The Kier molecular flexibility index (Phi) is 3.86. The van der Waals surface area contributed by atoms with E-state index in [4.69, 9.17) is 18.0 Å². The van der Waals surface area contributed by atoms with Crippen LogP contribution in [0.3, 0.4) is 0 Å². The molecule has 1 saturated heterocycles. The lowest BCUT2D eigenvalue weighted by Gasteiger charge is -2.43. The van der Waals surface area contributed by atoms with E-state index in [1.165, 1.54) is 0 Å². The molecule has 0 spiro atoms. The van der Waals surface area contributed by atoms with Crippen LogP contribution in [0.2, 0.25) is 0 Å². The molecular weight excluding hydrogens is 262 g/mol. The maximum atomic E-state index is 12.1. The summed E-state index contributed by atoms with van der Waals surface area (Å²) in [6, 6.07) is 1.69. The third-order valence-electron chi connectivity index (χ3n) is 3.69. The van der Waals surface area contributed by atoms with Gasteiger partial charge in [-0.05, 0) is 19.9 Å². The number of aromatic amines is 1. The molecule has 7 heteroatoms. The van der Waals surface area contributed by atoms with Gasteiger partial charge in [0.15, 0.2) is 0 Å². The van der Waals surface area contributed by atoms with Crippen molar-refractivity contribution in [2.24, 2.45) is 5.73 Å². The number of nitrogens with zero attached hydrogens (tertiary/aromatic N) is 3. The van der Waals surface area contributed by atoms with Crippen LogP contribution >= 0.6 is 12.2 Å². The Morgan fingerprint density at radius 3 is 2.53 bits per heavy atom. The topological polar surface area (TPSA) is 78.2 Å². The summed E-state index contributed by atoms with van der Waals surface area (Å²) in [4.78, 5) is 16.7. The molecule has 1 aliphatic rings. The van der Waals surface area contributed by atoms with Crippen molar-refractivity contribution >= 4 is 23.1 Å². The molecule has 0 unspecified atom stereocenters. The number of nitrogens with two attached hydrogens (primary N) is 1. The number of thiocarbonyl (C=S) groups is 1. The Morgan fingerprint density at radius 2 is 2.05 bits per heavy atom. The number of carbonyl (C=O) groups is 1. The van der Waals surface area contributed by atoms with Crippen molar-refractivity contribution in [3.8, 4) is 0 Å². The molecular formula is C12H19N5OS. The first-order chi connectivity index (χ1) is 8.93. The molecule has 19 heavy (non-hydrogen) atoms. The van der Waals surface area contributed by atoms with Crippen molar-refractivity contribution in [1.29, 1.82) is 0 Å². The molecule has 2 rings (SSSR count). The fraction of sp³-hybridized carbons (Fsp3) is 0.583. The molecule has 0 saturated carbocycles. The lowest BCUT2D eigenvalue weighted by atomic mass is 10.0. The van der Waals surface area contributed by atoms with E-state index >= 15 is 0 Å². The van der Waals surface area contributed by atoms with Crippen LogP contribution in [0.1, 0.15) is 24.3 Å². The Labute approximate surface area is 117 Å². The van der Waals surface area contributed by atoms with Crippen molar-refractivity contribution in [3.05, 3.63) is 18.0 Å². The third-order valence-corrected chi connectivity index (χ3v) is 4.19. The van der Waals surface area contributed by atoms with E-state index in [2.05, 4.69) is 15.1 Å². The summed E-state index contributed by atoms with van der Waals surface area (Å²) in [5.41, 5.74) is 5.99. The van der Waals surface area contributed by atoms with Crippen LogP contribution < -0.4 is 5.73 Å². The SMILES string of the molecule is CC(C)(C(N)=S)N1CCN(C(=O)c2ccn[nH]2)CC1. The van der Waals surface area contributed by atoms with Gasteiger partial charge in [-0.1, -0.05) is 12.2 Å². The summed E-state index contributed by atoms with van der Waals surface area (Å²) in [5, 5.41) is 6.50. The number of rotatable bonds is 3. The predicted molar refractivity (Wildman–Crippen MR) is 76.9 cm³/mol. The van der Waals surface area contributed by atoms with Gasteiger partial charge in [-0.2, -0.15) is 5.10 Å². The van der Waals surface area contributed by atoms with Gasteiger partial charge in [-0.25, -0.2) is 0 Å². The van der Waals surface area contributed by atoms with Crippen LogP contribution in [0.5, 0.6) is 0 Å². The highest BCUT2D eigenvalue weighted by atomic mass is 32.1. The van der Waals surface area contributed by atoms with Crippen LogP contribution in [-0.4, -0.2) is 62.6 Å².